The van der Waals surface area contributed by atoms with E-state index in [2.05, 4.69) is 5.32 Å². The molecule has 2 fully saturated rings. The van der Waals surface area contributed by atoms with Gasteiger partial charge in [0.05, 0.1) is 12.5 Å². The monoisotopic (exact) mass is 254 g/mol. The summed E-state index contributed by atoms with van der Waals surface area (Å²) >= 11 is 0. The van der Waals surface area contributed by atoms with E-state index in [1.54, 1.807) is 0 Å². The van der Waals surface area contributed by atoms with Crippen LogP contribution in [-0.2, 0) is 9.53 Å². The van der Waals surface area contributed by atoms with E-state index in [1.165, 1.54) is 25.7 Å². The first kappa shape index (κ1) is 13.8. The van der Waals surface area contributed by atoms with Crippen LogP contribution in [0.1, 0.15) is 57.8 Å². The molecular formula is C14H26N2O2. The second-order valence-electron chi connectivity index (χ2n) is 5.89. The highest BCUT2D eigenvalue weighted by Gasteiger charge is 2.28. The van der Waals surface area contributed by atoms with Gasteiger partial charge in [-0.2, -0.15) is 0 Å². The summed E-state index contributed by atoms with van der Waals surface area (Å²) in [5, 5.41) is 3.00. The van der Waals surface area contributed by atoms with E-state index in [-0.39, 0.29) is 17.6 Å². The Morgan fingerprint density at radius 1 is 1.22 bits per heavy atom. The van der Waals surface area contributed by atoms with Gasteiger partial charge in [-0.3, -0.25) is 4.79 Å². The van der Waals surface area contributed by atoms with Gasteiger partial charge < -0.3 is 15.8 Å². The van der Waals surface area contributed by atoms with Crippen molar-refractivity contribution in [2.24, 2.45) is 5.73 Å². The van der Waals surface area contributed by atoms with Gasteiger partial charge in [0.1, 0.15) is 0 Å². The van der Waals surface area contributed by atoms with Gasteiger partial charge in [-0.15, -0.1) is 0 Å². The molecule has 2 rings (SSSR count). The number of rotatable bonds is 4. The molecule has 1 heterocycles. The molecule has 2 aliphatic rings. The fourth-order valence-corrected chi connectivity index (χ4v) is 2.95. The van der Waals surface area contributed by atoms with Gasteiger partial charge in [0.2, 0.25) is 5.91 Å². The molecule has 0 bridgehead atoms. The Labute approximate surface area is 110 Å². The topological polar surface area (TPSA) is 64.3 Å². The highest BCUT2D eigenvalue weighted by molar-refractivity contribution is 5.76. The zero-order valence-corrected chi connectivity index (χ0v) is 11.2. The molecular weight excluding hydrogens is 228 g/mol. The minimum absolute atomic E-state index is 0.0947. The Morgan fingerprint density at radius 3 is 2.67 bits per heavy atom. The minimum atomic E-state index is -0.165. The van der Waals surface area contributed by atoms with Crippen LogP contribution in [0, 0.1) is 0 Å². The van der Waals surface area contributed by atoms with Crippen molar-refractivity contribution in [1.29, 1.82) is 0 Å². The molecule has 4 heteroatoms. The lowest BCUT2D eigenvalue weighted by Gasteiger charge is -2.33. The summed E-state index contributed by atoms with van der Waals surface area (Å²) in [4.78, 5) is 11.8. The third kappa shape index (κ3) is 4.25. The predicted octanol–water partition coefficient (Wildman–Crippen LogP) is 1.72. The molecule has 18 heavy (non-hydrogen) atoms. The van der Waals surface area contributed by atoms with Crippen LogP contribution in [0.15, 0.2) is 0 Å². The van der Waals surface area contributed by atoms with Gasteiger partial charge >= 0.3 is 0 Å². The van der Waals surface area contributed by atoms with Gasteiger partial charge in [0.25, 0.3) is 0 Å². The molecule has 1 saturated carbocycles. The molecule has 0 aromatic rings. The summed E-state index contributed by atoms with van der Waals surface area (Å²) in [5.74, 6) is 0.0947. The van der Waals surface area contributed by atoms with Gasteiger partial charge in [-0.1, -0.05) is 19.3 Å². The van der Waals surface area contributed by atoms with Crippen LogP contribution in [0.3, 0.4) is 0 Å². The van der Waals surface area contributed by atoms with Crippen LogP contribution in [0.25, 0.3) is 0 Å². The number of nitrogens with one attached hydrogen (secondary N) is 1. The third-order valence-corrected chi connectivity index (χ3v) is 4.17. The SMILES string of the molecule is NC1(CNC(=O)CC2CCCCO2)CCCCC1. The van der Waals surface area contributed by atoms with Crippen LogP contribution < -0.4 is 11.1 Å². The molecule has 3 N–H and O–H groups in total. The van der Waals surface area contributed by atoms with Crippen LogP contribution in [0.2, 0.25) is 0 Å². The van der Waals surface area contributed by atoms with Gasteiger partial charge in [-0.25, -0.2) is 0 Å². The third-order valence-electron chi connectivity index (χ3n) is 4.17. The Kier molecular flexibility index (Phi) is 5.01. The Balaban J connectivity index is 1.67. The number of amides is 1. The first-order chi connectivity index (χ1) is 8.68. The molecule has 1 saturated heterocycles. The smallest absolute Gasteiger partial charge is 0.222 e. The molecule has 1 aliphatic carbocycles. The molecule has 0 aromatic carbocycles. The maximum absolute atomic E-state index is 11.8. The Hall–Kier alpha value is -0.610. The van der Waals surface area contributed by atoms with Crippen LogP contribution in [0.5, 0.6) is 0 Å². The van der Waals surface area contributed by atoms with Crippen molar-refractivity contribution in [3.05, 3.63) is 0 Å². The van der Waals surface area contributed by atoms with Crippen LogP contribution >= 0.6 is 0 Å². The molecule has 104 valence electrons. The molecule has 4 nitrogen and oxygen atoms in total. The molecule has 0 radical (unpaired) electrons. The van der Waals surface area contributed by atoms with E-state index in [1.807, 2.05) is 0 Å². The maximum atomic E-state index is 11.8. The minimum Gasteiger partial charge on any atom is -0.378 e. The highest BCUT2D eigenvalue weighted by atomic mass is 16.5. The summed E-state index contributed by atoms with van der Waals surface area (Å²) in [6, 6.07) is 0. The normalized spacial score (nSPS) is 27.7. The maximum Gasteiger partial charge on any atom is 0.222 e. The van der Waals surface area contributed by atoms with E-state index in [0.29, 0.717) is 13.0 Å². The Morgan fingerprint density at radius 2 is 2.00 bits per heavy atom. The summed E-state index contributed by atoms with van der Waals surface area (Å²) < 4.78 is 5.57. The van der Waals surface area contributed by atoms with Gasteiger partial charge in [0.15, 0.2) is 0 Å². The van der Waals surface area contributed by atoms with Gasteiger partial charge in [-0.05, 0) is 32.1 Å². The van der Waals surface area contributed by atoms with Crippen LogP contribution in [0.4, 0.5) is 0 Å². The fourth-order valence-electron chi connectivity index (χ4n) is 2.95. The zero-order valence-electron chi connectivity index (χ0n) is 11.2. The lowest BCUT2D eigenvalue weighted by molar-refractivity contribution is -0.125. The number of nitrogens with two attached hydrogens (primary N) is 1. The number of hydrogen-bond donors (Lipinski definition) is 2. The molecule has 0 spiro atoms. The van der Waals surface area contributed by atoms with E-state index in [4.69, 9.17) is 10.5 Å². The van der Waals surface area contributed by atoms with Crippen molar-refractivity contribution in [1.82, 2.24) is 5.32 Å². The molecule has 1 amide bonds. The molecule has 1 aliphatic heterocycles. The number of hydrogen-bond acceptors (Lipinski definition) is 3. The lowest BCUT2D eigenvalue weighted by Crippen LogP contribution is -2.51. The summed E-state index contributed by atoms with van der Waals surface area (Å²) in [7, 11) is 0. The largest absolute Gasteiger partial charge is 0.378 e. The fraction of sp³-hybridized carbons (Fsp3) is 0.929. The predicted molar refractivity (Wildman–Crippen MR) is 71.2 cm³/mol. The quantitative estimate of drug-likeness (QED) is 0.803. The van der Waals surface area contributed by atoms with Crippen molar-refractivity contribution < 1.29 is 9.53 Å². The lowest BCUT2D eigenvalue weighted by atomic mass is 9.82. The van der Waals surface area contributed by atoms with E-state index in [0.717, 1.165) is 32.3 Å². The van der Waals surface area contributed by atoms with Crippen LogP contribution in [-0.4, -0.2) is 30.7 Å². The average molecular weight is 254 g/mol. The van der Waals surface area contributed by atoms with Crippen molar-refractivity contribution in [3.63, 3.8) is 0 Å². The molecule has 0 aromatic heterocycles. The molecule has 1 atom stereocenters. The summed E-state index contributed by atoms with van der Waals surface area (Å²) in [6.07, 6.45) is 9.68. The first-order valence-electron chi connectivity index (χ1n) is 7.35. The molecule has 1 unspecified atom stereocenters. The highest BCUT2D eigenvalue weighted by Crippen LogP contribution is 2.25. The van der Waals surface area contributed by atoms with Crippen molar-refractivity contribution >= 4 is 5.91 Å². The summed E-state index contributed by atoms with van der Waals surface area (Å²) in [6.45, 7) is 1.43. The number of carbonyl (C=O) groups is 1. The summed E-state index contributed by atoms with van der Waals surface area (Å²) in [5.41, 5.74) is 6.13. The Bertz CT molecular complexity index is 269. The average Bonchev–Trinajstić information content (AvgIpc) is 2.39. The van der Waals surface area contributed by atoms with Crippen molar-refractivity contribution in [2.75, 3.05) is 13.2 Å². The standard InChI is InChI=1S/C14H26N2O2/c15-14(7-3-1-4-8-14)11-16-13(17)10-12-6-2-5-9-18-12/h12H,1-11,15H2,(H,16,17). The van der Waals surface area contributed by atoms with E-state index < -0.39 is 0 Å². The van der Waals surface area contributed by atoms with Crippen molar-refractivity contribution in [3.8, 4) is 0 Å². The van der Waals surface area contributed by atoms with E-state index >= 15 is 0 Å². The van der Waals surface area contributed by atoms with E-state index in [9.17, 15) is 4.79 Å². The van der Waals surface area contributed by atoms with Gasteiger partial charge in [0, 0.05) is 18.7 Å². The number of ether oxygens (including phenoxy) is 1. The second-order valence-corrected chi connectivity index (χ2v) is 5.89. The zero-order chi connectivity index (χ0) is 12.8. The second kappa shape index (κ2) is 6.53. The number of carbonyl (C=O) groups excluding carboxylic acids is 1. The first-order valence-corrected chi connectivity index (χ1v) is 7.35. The van der Waals surface area contributed by atoms with Crippen molar-refractivity contribution in [2.45, 2.75) is 69.4 Å².